The van der Waals surface area contributed by atoms with Gasteiger partial charge in [0, 0.05) is 30.3 Å². The predicted octanol–water partition coefficient (Wildman–Crippen LogP) is 1.42. The zero-order chi connectivity index (χ0) is 13.2. The van der Waals surface area contributed by atoms with E-state index in [0.29, 0.717) is 24.5 Å². The number of rotatable bonds is 2. The van der Waals surface area contributed by atoms with Crippen molar-refractivity contribution >= 4 is 27.1 Å². The van der Waals surface area contributed by atoms with E-state index >= 15 is 0 Å². The van der Waals surface area contributed by atoms with Crippen molar-refractivity contribution in [3.05, 3.63) is 28.8 Å². The first-order chi connectivity index (χ1) is 8.52. The Hall–Kier alpha value is -0.780. The molecular formula is C12H17ClN2O2S. The van der Waals surface area contributed by atoms with E-state index in [1.807, 2.05) is 18.2 Å². The smallest absolute Gasteiger partial charge is 0.152 e. The van der Waals surface area contributed by atoms with Crippen molar-refractivity contribution in [3.63, 3.8) is 0 Å². The van der Waals surface area contributed by atoms with Crippen molar-refractivity contribution in [2.45, 2.75) is 13.0 Å². The molecule has 1 saturated heterocycles. The number of sulfone groups is 1. The monoisotopic (exact) mass is 288 g/mol. The van der Waals surface area contributed by atoms with Gasteiger partial charge in [-0.3, -0.25) is 0 Å². The topological polar surface area (TPSA) is 63.4 Å². The lowest BCUT2D eigenvalue weighted by molar-refractivity contribution is 0.597. The van der Waals surface area contributed by atoms with E-state index in [-0.39, 0.29) is 11.5 Å². The van der Waals surface area contributed by atoms with E-state index in [1.54, 1.807) is 0 Å². The Labute approximate surface area is 113 Å². The van der Waals surface area contributed by atoms with Crippen LogP contribution < -0.4 is 10.6 Å². The lowest BCUT2D eigenvalue weighted by atomic mass is 10.2. The molecule has 0 radical (unpaired) electrons. The summed E-state index contributed by atoms with van der Waals surface area (Å²) >= 11 is 6.12. The lowest BCUT2D eigenvalue weighted by Gasteiger charge is -2.22. The molecule has 0 aliphatic carbocycles. The maximum Gasteiger partial charge on any atom is 0.152 e. The van der Waals surface area contributed by atoms with Crippen LogP contribution in [0.25, 0.3) is 0 Å². The lowest BCUT2D eigenvalue weighted by Crippen LogP contribution is -2.26. The zero-order valence-corrected chi connectivity index (χ0v) is 11.7. The first-order valence-corrected chi connectivity index (χ1v) is 8.15. The molecule has 1 fully saturated rings. The second-order valence-electron chi connectivity index (χ2n) is 4.47. The third-order valence-corrected chi connectivity index (χ3v) is 5.24. The molecule has 1 aromatic carbocycles. The fourth-order valence-corrected chi connectivity index (χ4v) is 3.62. The molecular weight excluding hydrogens is 272 g/mol. The van der Waals surface area contributed by atoms with Crippen molar-refractivity contribution < 1.29 is 8.42 Å². The molecule has 1 aliphatic heterocycles. The summed E-state index contributed by atoms with van der Waals surface area (Å²) in [6, 6.07) is 5.71. The van der Waals surface area contributed by atoms with E-state index in [2.05, 4.69) is 4.90 Å². The third kappa shape index (κ3) is 3.16. The van der Waals surface area contributed by atoms with Crippen LogP contribution in [0.1, 0.15) is 12.0 Å². The molecule has 1 aliphatic rings. The maximum absolute atomic E-state index is 11.5. The summed E-state index contributed by atoms with van der Waals surface area (Å²) in [6.07, 6.45) is 0.665. The van der Waals surface area contributed by atoms with Gasteiger partial charge in [-0.25, -0.2) is 8.42 Å². The van der Waals surface area contributed by atoms with E-state index in [9.17, 15) is 8.42 Å². The number of halogens is 1. The Morgan fingerprint density at radius 1 is 1.28 bits per heavy atom. The van der Waals surface area contributed by atoms with Crippen molar-refractivity contribution in [2.24, 2.45) is 5.73 Å². The second kappa shape index (κ2) is 5.47. The number of hydrogen-bond donors (Lipinski definition) is 1. The van der Waals surface area contributed by atoms with Crippen molar-refractivity contribution in [3.8, 4) is 0 Å². The average molecular weight is 289 g/mol. The first kappa shape index (κ1) is 13.6. The third-order valence-electron chi connectivity index (χ3n) is 3.18. The Balaban J connectivity index is 2.19. The van der Waals surface area contributed by atoms with Crippen LogP contribution in [0.2, 0.25) is 5.02 Å². The summed E-state index contributed by atoms with van der Waals surface area (Å²) in [5.74, 6) is 0.487. The molecule has 4 nitrogen and oxygen atoms in total. The molecule has 0 aromatic heterocycles. The largest absolute Gasteiger partial charge is 0.370 e. The van der Waals surface area contributed by atoms with Gasteiger partial charge in [0.15, 0.2) is 9.84 Å². The highest BCUT2D eigenvalue weighted by Gasteiger charge is 2.19. The molecule has 0 amide bonds. The Kier molecular flexibility index (Phi) is 4.14. The van der Waals surface area contributed by atoms with Crippen molar-refractivity contribution in [2.75, 3.05) is 29.5 Å². The van der Waals surface area contributed by atoms with Gasteiger partial charge in [-0.1, -0.05) is 17.7 Å². The molecule has 1 aromatic rings. The fraction of sp³-hybridized carbons (Fsp3) is 0.500. The van der Waals surface area contributed by atoms with Gasteiger partial charge in [-0.05, 0) is 24.1 Å². The van der Waals surface area contributed by atoms with Crippen molar-refractivity contribution in [1.29, 1.82) is 0 Å². The first-order valence-electron chi connectivity index (χ1n) is 5.96. The van der Waals surface area contributed by atoms with Gasteiger partial charge in [0.05, 0.1) is 11.5 Å². The molecule has 6 heteroatoms. The van der Waals surface area contributed by atoms with Crippen LogP contribution in [0.15, 0.2) is 18.2 Å². The molecule has 18 heavy (non-hydrogen) atoms. The summed E-state index contributed by atoms with van der Waals surface area (Å²) in [4.78, 5) is 2.07. The molecule has 2 rings (SSSR count). The van der Waals surface area contributed by atoms with Gasteiger partial charge in [0.2, 0.25) is 0 Å². The van der Waals surface area contributed by atoms with Crippen LogP contribution >= 0.6 is 11.6 Å². The normalized spacial score (nSPS) is 19.6. The van der Waals surface area contributed by atoms with Crippen molar-refractivity contribution in [1.82, 2.24) is 0 Å². The molecule has 2 N–H and O–H groups in total. The minimum absolute atomic E-state index is 0.212. The second-order valence-corrected chi connectivity index (χ2v) is 7.18. The van der Waals surface area contributed by atoms with Gasteiger partial charge in [0.25, 0.3) is 0 Å². The summed E-state index contributed by atoms with van der Waals surface area (Å²) < 4.78 is 23.1. The molecule has 0 atom stereocenters. The predicted molar refractivity (Wildman–Crippen MR) is 74.8 cm³/mol. The summed E-state index contributed by atoms with van der Waals surface area (Å²) in [7, 11) is -2.88. The highest BCUT2D eigenvalue weighted by molar-refractivity contribution is 7.91. The SMILES string of the molecule is NCc1ccc(N2CCCS(=O)(=O)CC2)cc1Cl. The standard InChI is InChI=1S/C12H17ClN2O2S/c13-12-8-11(3-2-10(12)9-14)15-4-1-6-18(16,17)7-5-15/h2-3,8H,1,4-7,9,14H2. The number of anilines is 1. The Bertz CT molecular complexity index is 531. The van der Waals surface area contributed by atoms with Crippen LogP contribution in [0.5, 0.6) is 0 Å². The number of nitrogens with two attached hydrogens (primary N) is 1. The number of hydrogen-bond acceptors (Lipinski definition) is 4. The highest BCUT2D eigenvalue weighted by atomic mass is 35.5. The van der Waals surface area contributed by atoms with Gasteiger partial charge in [-0.2, -0.15) is 0 Å². The van der Waals surface area contributed by atoms with E-state index in [4.69, 9.17) is 17.3 Å². The van der Waals surface area contributed by atoms with Crippen LogP contribution in [0.3, 0.4) is 0 Å². The molecule has 0 saturated carbocycles. The molecule has 0 unspecified atom stereocenters. The van der Waals surface area contributed by atoms with Gasteiger partial charge < -0.3 is 10.6 Å². The average Bonchev–Trinajstić information content (AvgIpc) is 2.50. The molecule has 0 bridgehead atoms. The zero-order valence-electron chi connectivity index (χ0n) is 10.1. The van der Waals surface area contributed by atoms with Gasteiger partial charge >= 0.3 is 0 Å². The Morgan fingerprint density at radius 3 is 2.72 bits per heavy atom. The number of nitrogens with zero attached hydrogens (tertiary/aromatic N) is 1. The quantitative estimate of drug-likeness (QED) is 0.894. The van der Waals surface area contributed by atoms with Gasteiger partial charge in [-0.15, -0.1) is 0 Å². The van der Waals surface area contributed by atoms with E-state index in [1.165, 1.54) is 0 Å². The maximum atomic E-state index is 11.5. The van der Waals surface area contributed by atoms with Crippen LogP contribution in [-0.2, 0) is 16.4 Å². The number of benzene rings is 1. The minimum atomic E-state index is -2.88. The van der Waals surface area contributed by atoms with Crippen LogP contribution in [0, 0.1) is 0 Å². The van der Waals surface area contributed by atoms with Crippen LogP contribution in [-0.4, -0.2) is 33.0 Å². The molecule has 1 heterocycles. The highest BCUT2D eigenvalue weighted by Crippen LogP contribution is 2.24. The molecule has 100 valence electrons. The summed E-state index contributed by atoms with van der Waals surface area (Å²) in [5, 5.41) is 0.641. The molecule has 0 spiro atoms. The van der Waals surface area contributed by atoms with Gasteiger partial charge in [0.1, 0.15) is 0 Å². The van der Waals surface area contributed by atoms with E-state index < -0.39 is 9.84 Å². The van der Waals surface area contributed by atoms with E-state index in [0.717, 1.165) is 17.8 Å². The Morgan fingerprint density at radius 2 is 2.06 bits per heavy atom. The minimum Gasteiger partial charge on any atom is -0.370 e. The summed E-state index contributed by atoms with van der Waals surface area (Å²) in [6.45, 7) is 1.69. The summed E-state index contributed by atoms with van der Waals surface area (Å²) in [5.41, 5.74) is 7.43. The fourth-order valence-electron chi connectivity index (χ4n) is 2.10. The van der Waals surface area contributed by atoms with Crippen LogP contribution in [0.4, 0.5) is 5.69 Å².